The van der Waals surface area contributed by atoms with Gasteiger partial charge in [-0.05, 0) is 38.8 Å². The van der Waals surface area contributed by atoms with Crippen molar-refractivity contribution in [2.45, 2.75) is 33.6 Å². The molecule has 0 aliphatic rings. The summed E-state index contributed by atoms with van der Waals surface area (Å²) >= 11 is 0. The Bertz CT molecular complexity index is 451. The predicted octanol–water partition coefficient (Wildman–Crippen LogP) is 2.67. The molecule has 0 bridgehead atoms. The number of ether oxygens (including phenoxy) is 2. The van der Waals surface area contributed by atoms with E-state index in [2.05, 4.69) is 0 Å². The highest BCUT2D eigenvalue weighted by Gasteiger charge is 2.14. The van der Waals surface area contributed by atoms with Crippen LogP contribution in [0.15, 0.2) is 18.2 Å². The lowest BCUT2D eigenvalue weighted by atomic mass is 10.0. The normalized spacial score (nSPS) is 10.1. The number of hydrogen-bond acceptors (Lipinski definition) is 4. The first kappa shape index (κ1) is 15.2. The Kier molecular flexibility index (Phi) is 6.06. The van der Waals surface area contributed by atoms with Crippen LogP contribution < -0.4 is 0 Å². The van der Waals surface area contributed by atoms with E-state index in [-0.39, 0.29) is 18.4 Å². The van der Waals surface area contributed by atoms with Gasteiger partial charge in [0.1, 0.15) is 0 Å². The molecule has 0 aliphatic heterocycles. The highest BCUT2D eigenvalue weighted by Crippen LogP contribution is 2.15. The molecule has 0 saturated carbocycles. The third-order valence-corrected chi connectivity index (χ3v) is 2.66. The van der Waals surface area contributed by atoms with Gasteiger partial charge >= 0.3 is 11.9 Å². The number of esters is 2. The van der Waals surface area contributed by atoms with Crippen LogP contribution in [-0.4, -0.2) is 25.2 Å². The molecule has 0 spiro atoms. The van der Waals surface area contributed by atoms with E-state index in [9.17, 15) is 9.59 Å². The number of hydrogen-bond donors (Lipinski definition) is 0. The van der Waals surface area contributed by atoms with Crippen LogP contribution in [0.2, 0.25) is 0 Å². The minimum Gasteiger partial charge on any atom is -0.466 e. The van der Waals surface area contributed by atoms with E-state index < -0.39 is 0 Å². The van der Waals surface area contributed by atoms with Crippen molar-refractivity contribution in [3.8, 4) is 0 Å². The zero-order chi connectivity index (χ0) is 14.3. The summed E-state index contributed by atoms with van der Waals surface area (Å²) in [7, 11) is 0. The number of carbonyl (C=O) groups excluding carboxylic acids is 2. The quantitative estimate of drug-likeness (QED) is 0.741. The highest BCUT2D eigenvalue weighted by atomic mass is 16.5. The Morgan fingerprint density at radius 2 is 1.79 bits per heavy atom. The summed E-state index contributed by atoms with van der Waals surface area (Å²) in [5.74, 6) is -0.594. The van der Waals surface area contributed by atoms with Crippen molar-refractivity contribution in [2.24, 2.45) is 0 Å². The SMILES string of the molecule is CCOC(=O)CCc1ccc(C)cc1C(=O)OCC. The third kappa shape index (κ3) is 4.73. The monoisotopic (exact) mass is 264 g/mol. The first-order valence-corrected chi connectivity index (χ1v) is 6.50. The van der Waals surface area contributed by atoms with E-state index in [0.29, 0.717) is 25.2 Å². The Balaban J connectivity index is 2.82. The van der Waals surface area contributed by atoms with Gasteiger partial charge in [-0.2, -0.15) is 0 Å². The first-order chi connectivity index (χ1) is 9.08. The fraction of sp³-hybridized carbons (Fsp3) is 0.467. The lowest BCUT2D eigenvalue weighted by Gasteiger charge is -2.09. The summed E-state index contributed by atoms with van der Waals surface area (Å²) < 4.78 is 9.90. The van der Waals surface area contributed by atoms with E-state index in [4.69, 9.17) is 9.47 Å². The van der Waals surface area contributed by atoms with Crippen LogP contribution in [0.25, 0.3) is 0 Å². The van der Waals surface area contributed by atoms with Gasteiger partial charge in [-0.25, -0.2) is 4.79 Å². The molecule has 0 saturated heterocycles. The molecule has 0 N–H and O–H groups in total. The van der Waals surface area contributed by atoms with Crippen LogP contribution >= 0.6 is 0 Å². The molecule has 0 aromatic heterocycles. The standard InChI is InChI=1S/C15H20O4/c1-4-18-14(16)9-8-12-7-6-11(3)10-13(12)15(17)19-5-2/h6-7,10H,4-5,8-9H2,1-3H3. The zero-order valence-electron chi connectivity index (χ0n) is 11.7. The maximum absolute atomic E-state index is 11.8. The van der Waals surface area contributed by atoms with Gasteiger partial charge in [-0.15, -0.1) is 0 Å². The molecule has 4 nitrogen and oxygen atoms in total. The summed E-state index contributed by atoms with van der Waals surface area (Å²) in [6, 6.07) is 5.57. The molecule has 0 atom stereocenters. The van der Waals surface area contributed by atoms with E-state index in [0.717, 1.165) is 11.1 Å². The Hall–Kier alpha value is -1.84. The summed E-state index contributed by atoms with van der Waals surface area (Å²) in [4.78, 5) is 23.2. The Morgan fingerprint density at radius 1 is 1.11 bits per heavy atom. The average Bonchev–Trinajstić information content (AvgIpc) is 2.38. The van der Waals surface area contributed by atoms with Gasteiger partial charge in [0.15, 0.2) is 0 Å². The molecule has 0 aliphatic carbocycles. The maximum Gasteiger partial charge on any atom is 0.338 e. The number of carbonyl (C=O) groups is 2. The van der Waals surface area contributed by atoms with Crippen molar-refractivity contribution >= 4 is 11.9 Å². The van der Waals surface area contributed by atoms with E-state index >= 15 is 0 Å². The first-order valence-electron chi connectivity index (χ1n) is 6.50. The van der Waals surface area contributed by atoms with Crippen molar-refractivity contribution < 1.29 is 19.1 Å². The number of benzene rings is 1. The molecule has 0 heterocycles. The van der Waals surface area contributed by atoms with Crippen LogP contribution in [0.3, 0.4) is 0 Å². The van der Waals surface area contributed by atoms with E-state index in [1.54, 1.807) is 19.9 Å². The number of aryl methyl sites for hydroxylation is 2. The van der Waals surface area contributed by atoms with Crippen molar-refractivity contribution in [3.63, 3.8) is 0 Å². The molecule has 0 unspecified atom stereocenters. The van der Waals surface area contributed by atoms with Crippen LogP contribution in [0.1, 0.15) is 41.8 Å². The van der Waals surface area contributed by atoms with Crippen molar-refractivity contribution in [1.82, 2.24) is 0 Å². The topological polar surface area (TPSA) is 52.6 Å². The molecule has 104 valence electrons. The molecule has 1 rings (SSSR count). The van der Waals surface area contributed by atoms with Gasteiger partial charge in [0, 0.05) is 6.42 Å². The molecule has 0 fully saturated rings. The molecular formula is C15H20O4. The smallest absolute Gasteiger partial charge is 0.338 e. The molecule has 4 heteroatoms. The molecule has 1 aromatic rings. The van der Waals surface area contributed by atoms with Crippen LogP contribution in [-0.2, 0) is 20.7 Å². The lowest BCUT2D eigenvalue weighted by Crippen LogP contribution is -2.11. The highest BCUT2D eigenvalue weighted by molar-refractivity contribution is 5.91. The molecule has 19 heavy (non-hydrogen) atoms. The number of rotatable bonds is 6. The van der Waals surface area contributed by atoms with Gasteiger partial charge in [0.2, 0.25) is 0 Å². The van der Waals surface area contributed by atoms with Crippen LogP contribution in [0.5, 0.6) is 0 Å². The minimum atomic E-state index is -0.343. The van der Waals surface area contributed by atoms with Crippen molar-refractivity contribution in [1.29, 1.82) is 0 Å². The summed E-state index contributed by atoms with van der Waals surface area (Å²) in [5.41, 5.74) is 2.34. The Labute approximate surface area is 113 Å². The van der Waals surface area contributed by atoms with Gasteiger partial charge < -0.3 is 9.47 Å². The van der Waals surface area contributed by atoms with Crippen molar-refractivity contribution in [3.05, 3.63) is 34.9 Å². The second kappa shape index (κ2) is 7.56. The summed E-state index contributed by atoms with van der Waals surface area (Å²) in [6.07, 6.45) is 0.747. The largest absolute Gasteiger partial charge is 0.466 e. The molecule has 0 radical (unpaired) electrons. The van der Waals surface area contributed by atoms with Gasteiger partial charge in [-0.1, -0.05) is 17.7 Å². The fourth-order valence-corrected chi connectivity index (χ4v) is 1.78. The average molecular weight is 264 g/mol. The fourth-order valence-electron chi connectivity index (χ4n) is 1.78. The maximum atomic E-state index is 11.8. The van der Waals surface area contributed by atoms with Gasteiger partial charge in [0.05, 0.1) is 18.8 Å². The van der Waals surface area contributed by atoms with E-state index in [1.807, 2.05) is 19.1 Å². The zero-order valence-corrected chi connectivity index (χ0v) is 11.7. The van der Waals surface area contributed by atoms with Gasteiger partial charge in [0.25, 0.3) is 0 Å². The van der Waals surface area contributed by atoms with Crippen molar-refractivity contribution in [2.75, 3.05) is 13.2 Å². The molecule has 0 amide bonds. The van der Waals surface area contributed by atoms with Crippen LogP contribution in [0, 0.1) is 6.92 Å². The van der Waals surface area contributed by atoms with Crippen LogP contribution in [0.4, 0.5) is 0 Å². The summed E-state index contributed by atoms with van der Waals surface area (Å²) in [6.45, 7) is 6.17. The predicted molar refractivity (Wildman–Crippen MR) is 72.1 cm³/mol. The lowest BCUT2D eigenvalue weighted by molar-refractivity contribution is -0.143. The summed E-state index contributed by atoms with van der Waals surface area (Å²) in [5, 5.41) is 0. The molecule has 1 aromatic carbocycles. The second-order valence-electron chi connectivity index (χ2n) is 4.19. The Morgan fingerprint density at radius 3 is 2.42 bits per heavy atom. The van der Waals surface area contributed by atoms with E-state index in [1.165, 1.54) is 0 Å². The second-order valence-corrected chi connectivity index (χ2v) is 4.19. The van der Waals surface area contributed by atoms with Gasteiger partial charge in [-0.3, -0.25) is 4.79 Å². The minimum absolute atomic E-state index is 0.252. The molecular weight excluding hydrogens is 244 g/mol. The third-order valence-electron chi connectivity index (χ3n) is 2.66.